The van der Waals surface area contributed by atoms with E-state index in [-0.39, 0.29) is 11.9 Å². The third kappa shape index (κ3) is 2.59. The number of amides is 1. The molecule has 2 unspecified atom stereocenters. The van der Waals surface area contributed by atoms with Crippen LogP contribution in [-0.4, -0.2) is 49.2 Å². The van der Waals surface area contributed by atoms with Crippen LogP contribution in [0.2, 0.25) is 0 Å². The molecule has 1 amide bonds. The Hall–Kier alpha value is -2.38. The van der Waals surface area contributed by atoms with Gasteiger partial charge < -0.3 is 9.47 Å². The van der Waals surface area contributed by atoms with E-state index in [4.69, 9.17) is 0 Å². The predicted molar refractivity (Wildman–Crippen MR) is 99.9 cm³/mol. The Labute approximate surface area is 156 Å². The molecular weight excluding hydrogens is 346 g/mol. The molecule has 7 heteroatoms. The Morgan fingerprint density at radius 2 is 2.08 bits per heavy atom. The largest absolute Gasteiger partial charge is 0.337 e. The first-order valence-electron chi connectivity index (χ1n) is 8.89. The van der Waals surface area contributed by atoms with E-state index in [1.165, 1.54) is 10.4 Å². The van der Waals surface area contributed by atoms with Gasteiger partial charge in [0.15, 0.2) is 0 Å². The molecule has 5 rings (SSSR count). The van der Waals surface area contributed by atoms with E-state index in [1.54, 1.807) is 11.3 Å². The van der Waals surface area contributed by atoms with Crippen LogP contribution in [0.15, 0.2) is 48.2 Å². The van der Waals surface area contributed by atoms with Crippen LogP contribution in [0.3, 0.4) is 0 Å². The monoisotopic (exact) mass is 367 g/mol. The number of aryl methyl sites for hydroxylation is 1. The Bertz CT molecular complexity index is 928. The van der Waals surface area contributed by atoms with Gasteiger partial charge in [0, 0.05) is 49.5 Å². The van der Waals surface area contributed by atoms with Gasteiger partial charge in [0.05, 0.1) is 24.8 Å². The zero-order valence-electron chi connectivity index (χ0n) is 14.7. The highest BCUT2D eigenvalue weighted by Gasteiger charge is 2.44. The Morgan fingerprint density at radius 1 is 1.19 bits per heavy atom. The summed E-state index contributed by atoms with van der Waals surface area (Å²) in [6.07, 6.45) is 6.05. The molecule has 5 heterocycles. The lowest BCUT2D eigenvalue weighted by molar-refractivity contribution is 0.0559. The Kier molecular flexibility index (Phi) is 3.72. The summed E-state index contributed by atoms with van der Waals surface area (Å²) in [5.41, 5.74) is 2.03. The molecule has 134 valence electrons. The van der Waals surface area contributed by atoms with Crippen molar-refractivity contribution in [2.75, 3.05) is 13.1 Å². The van der Waals surface area contributed by atoms with Crippen molar-refractivity contribution in [3.63, 3.8) is 0 Å². The standard InChI is InChI=1S/C19H21N5OS/c1-21-9-14(8-20-21)10-22-12-17-18(13-22)24(11-15-4-3-7-26-15)19(25)16-5-2-6-23(16)17/h2-9,17-18H,10-13H2,1H3. The highest BCUT2D eigenvalue weighted by molar-refractivity contribution is 7.09. The number of fused-ring (bicyclic) bond motifs is 3. The summed E-state index contributed by atoms with van der Waals surface area (Å²) < 4.78 is 4.02. The molecule has 2 atom stereocenters. The van der Waals surface area contributed by atoms with Crippen molar-refractivity contribution in [2.24, 2.45) is 7.05 Å². The molecule has 0 bridgehead atoms. The number of hydrogen-bond acceptors (Lipinski definition) is 4. The quantitative estimate of drug-likeness (QED) is 0.711. The molecule has 0 radical (unpaired) electrons. The smallest absolute Gasteiger partial charge is 0.271 e. The van der Waals surface area contributed by atoms with Gasteiger partial charge in [-0.05, 0) is 23.6 Å². The van der Waals surface area contributed by atoms with Crippen molar-refractivity contribution in [3.8, 4) is 0 Å². The summed E-state index contributed by atoms with van der Waals surface area (Å²) in [4.78, 5) is 18.9. The van der Waals surface area contributed by atoms with Gasteiger partial charge in [-0.1, -0.05) is 6.07 Å². The van der Waals surface area contributed by atoms with Crippen LogP contribution >= 0.6 is 11.3 Å². The topological polar surface area (TPSA) is 46.3 Å². The SMILES string of the molecule is Cn1cc(CN2CC3C(C2)n2cccc2C(=O)N3Cc2cccs2)cn1. The van der Waals surface area contributed by atoms with Crippen LogP contribution in [0, 0.1) is 0 Å². The molecule has 0 N–H and O–H groups in total. The summed E-state index contributed by atoms with van der Waals surface area (Å²) in [6.45, 7) is 3.42. The lowest BCUT2D eigenvalue weighted by atomic mass is 10.1. The van der Waals surface area contributed by atoms with Crippen LogP contribution < -0.4 is 0 Å². The molecule has 3 aromatic heterocycles. The van der Waals surface area contributed by atoms with Gasteiger partial charge in [-0.3, -0.25) is 14.4 Å². The molecule has 3 aromatic rings. The zero-order valence-corrected chi connectivity index (χ0v) is 15.5. The zero-order chi connectivity index (χ0) is 17.7. The molecule has 0 saturated carbocycles. The van der Waals surface area contributed by atoms with Gasteiger partial charge in [0.25, 0.3) is 5.91 Å². The summed E-state index contributed by atoms with van der Waals surface area (Å²) in [6, 6.07) is 8.63. The average molecular weight is 367 g/mol. The van der Waals surface area contributed by atoms with Crippen LogP contribution in [0.25, 0.3) is 0 Å². The first-order valence-corrected chi connectivity index (χ1v) is 9.77. The van der Waals surface area contributed by atoms with E-state index in [1.807, 2.05) is 30.1 Å². The lowest BCUT2D eigenvalue weighted by Gasteiger charge is -2.38. The molecule has 26 heavy (non-hydrogen) atoms. The van der Waals surface area contributed by atoms with Crippen LogP contribution in [0.4, 0.5) is 0 Å². The van der Waals surface area contributed by atoms with Gasteiger partial charge in [-0.15, -0.1) is 11.3 Å². The second kappa shape index (κ2) is 6.10. The van der Waals surface area contributed by atoms with Crippen molar-refractivity contribution in [3.05, 3.63) is 64.4 Å². The summed E-state index contributed by atoms with van der Waals surface area (Å²) in [7, 11) is 1.95. The van der Waals surface area contributed by atoms with Gasteiger partial charge in [-0.25, -0.2) is 0 Å². The van der Waals surface area contributed by atoms with E-state index in [2.05, 4.69) is 49.4 Å². The fourth-order valence-electron chi connectivity index (χ4n) is 4.29. The number of carbonyl (C=O) groups excluding carboxylic acids is 1. The van der Waals surface area contributed by atoms with Crippen molar-refractivity contribution in [1.29, 1.82) is 0 Å². The minimum Gasteiger partial charge on any atom is -0.337 e. The number of likely N-dealkylation sites (tertiary alicyclic amines) is 1. The molecule has 6 nitrogen and oxygen atoms in total. The molecule has 1 fully saturated rings. The van der Waals surface area contributed by atoms with Crippen molar-refractivity contribution in [1.82, 2.24) is 24.1 Å². The molecule has 2 aliphatic rings. The van der Waals surface area contributed by atoms with Crippen LogP contribution in [0.5, 0.6) is 0 Å². The molecule has 2 aliphatic heterocycles. The average Bonchev–Trinajstić information content (AvgIpc) is 3.39. The van der Waals surface area contributed by atoms with Crippen molar-refractivity contribution in [2.45, 2.75) is 25.2 Å². The van der Waals surface area contributed by atoms with Crippen molar-refractivity contribution < 1.29 is 4.79 Å². The normalized spacial score (nSPS) is 22.7. The number of nitrogens with zero attached hydrogens (tertiary/aromatic N) is 5. The fourth-order valence-corrected chi connectivity index (χ4v) is 4.99. The number of rotatable bonds is 4. The number of carbonyl (C=O) groups is 1. The third-order valence-corrected chi connectivity index (χ3v) is 6.28. The first kappa shape index (κ1) is 15.8. The maximum absolute atomic E-state index is 13.1. The van der Waals surface area contributed by atoms with Gasteiger partial charge in [-0.2, -0.15) is 5.10 Å². The van der Waals surface area contributed by atoms with Crippen LogP contribution in [0.1, 0.15) is 27.0 Å². The minimum atomic E-state index is 0.146. The molecule has 0 aromatic carbocycles. The highest BCUT2D eigenvalue weighted by atomic mass is 32.1. The van der Waals surface area contributed by atoms with E-state index >= 15 is 0 Å². The summed E-state index contributed by atoms with van der Waals surface area (Å²) >= 11 is 1.72. The minimum absolute atomic E-state index is 0.146. The number of thiophene rings is 1. The van der Waals surface area contributed by atoms with Crippen molar-refractivity contribution >= 4 is 17.2 Å². The summed E-state index contributed by atoms with van der Waals surface area (Å²) in [5, 5.41) is 6.35. The van der Waals surface area contributed by atoms with Crippen LogP contribution in [-0.2, 0) is 20.1 Å². The number of hydrogen-bond donors (Lipinski definition) is 0. The first-order chi connectivity index (χ1) is 12.7. The highest BCUT2D eigenvalue weighted by Crippen LogP contribution is 2.35. The summed E-state index contributed by atoms with van der Waals surface area (Å²) in [5.74, 6) is 0.146. The van der Waals surface area contributed by atoms with E-state index < -0.39 is 0 Å². The molecule has 0 spiro atoms. The second-order valence-corrected chi connectivity index (χ2v) is 8.20. The predicted octanol–water partition coefficient (Wildman–Crippen LogP) is 2.36. The Morgan fingerprint density at radius 3 is 2.85 bits per heavy atom. The Balaban J connectivity index is 1.44. The van der Waals surface area contributed by atoms with E-state index in [0.717, 1.165) is 25.3 Å². The molecule has 1 saturated heterocycles. The van der Waals surface area contributed by atoms with Gasteiger partial charge in [0.1, 0.15) is 5.69 Å². The maximum Gasteiger partial charge on any atom is 0.271 e. The van der Waals surface area contributed by atoms with E-state index in [9.17, 15) is 4.79 Å². The molecular formula is C19H21N5OS. The molecule has 0 aliphatic carbocycles. The van der Waals surface area contributed by atoms with Gasteiger partial charge in [0.2, 0.25) is 0 Å². The third-order valence-electron chi connectivity index (χ3n) is 5.42. The number of aromatic nitrogens is 3. The van der Waals surface area contributed by atoms with E-state index in [0.29, 0.717) is 12.6 Å². The van der Waals surface area contributed by atoms with Gasteiger partial charge >= 0.3 is 0 Å². The fraction of sp³-hybridized carbons (Fsp3) is 0.368. The lowest BCUT2D eigenvalue weighted by Crippen LogP contribution is -2.49. The second-order valence-electron chi connectivity index (χ2n) is 7.16. The maximum atomic E-state index is 13.1.